The van der Waals surface area contributed by atoms with Crippen molar-refractivity contribution in [2.75, 3.05) is 26.0 Å². The molecule has 0 heterocycles. The number of nitrogens with two attached hydrogens (primary N) is 1. The number of para-hydroxylation sites is 1. The zero-order valence-corrected chi connectivity index (χ0v) is 11.8. The fourth-order valence-electron chi connectivity index (χ4n) is 1.81. The Morgan fingerprint density at radius 1 is 1.10 bits per heavy atom. The van der Waals surface area contributed by atoms with Crippen molar-refractivity contribution in [3.05, 3.63) is 54.1 Å². The van der Waals surface area contributed by atoms with Gasteiger partial charge in [-0.2, -0.15) is 0 Å². The van der Waals surface area contributed by atoms with E-state index in [0.717, 1.165) is 5.75 Å². The summed E-state index contributed by atoms with van der Waals surface area (Å²) in [4.78, 5) is 11.7. The van der Waals surface area contributed by atoms with Gasteiger partial charge in [-0.15, -0.1) is 0 Å². The Balaban J connectivity index is 1.93. The molecule has 0 unspecified atom stereocenters. The number of ether oxygens (including phenoxy) is 2. The van der Waals surface area contributed by atoms with Crippen LogP contribution in [-0.2, 0) is 0 Å². The van der Waals surface area contributed by atoms with Crippen LogP contribution in [0.15, 0.2) is 48.5 Å². The largest absolute Gasteiger partial charge is 0.490 e. The van der Waals surface area contributed by atoms with E-state index in [2.05, 4.69) is 5.32 Å². The van der Waals surface area contributed by atoms with Crippen molar-refractivity contribution < 1.29 is 14.3 Å². The highest BCUT2D eigenvalue weighted by atomic mass is 16.5. The Morgan fingerprint density at radius 3 is 2.52 bits per heavy atom. The fourth-order valence-corrected chi connectivity index (χ4v) is 1.81. The molecule has 0 radical (unpaired) electrons. The first-order valence-corrected chi connectivity index (χ1v) is 6.63. The van der Waals surface area contributed by atoms with Crippen LogP contribution in [-0.4, -0.2) is 26.2 Å². The van der Waals surface area contributed by atoms with Gasteiger partial charge in [-0.25, -0.2) is 0 Å². The van der Waals surface area contributed by atoms with Crippen LogP contribution in [0.4, 0.5) is 5.69 Å². The fraction of sp³-hybridized carbons (Fsp3) is 0.188. The monoisotopic (exact) mass is 286 g/mol. The molecule has 0 atom stereocenters. The predicted molar refractivity (Wildman–Crippen MR) is 81.7 cm³/mol. The molecule has 5 nitrogen and oxygen atoms in total. The van der Waals surface area contributed by atoms with Crippen molar-refractivity contribution in [3.63, 3.8) is 0 Å². The van der Waals surface area contributed by atoms with E-state index in [1.165, 1.54) is 0 Å². The maximum absolute atomic E-state index is 11.7. The van der Waals surface area contributed by atoms with E-state index in [4.69, 9.17) is 15.2 Å². The van der Waals surface area contributed by atoms with Crippen LogP contribution in [0.2, 0.25) is 0 Å². The Hall–Kier alpha value is -2.69. The summed E-state index contributed by atoms with van der Waals surface area (Å²) in [6.45, 7) is 0.703. The molecule has 21 heavy (non-hydrogen) atoms. The van der Waals surface area contributed by atoms with E-state index >= 15 is 0 Å². The molecule has 1 amide bonds. The Morgan fingerprint density at radius 2 is 1.81 bits per heavy atom. The summed E-state index contributed by atoms with van der Waals surface area (Å²) in [5.74, 6) is 1.01. The first-order valence-electron chi connectivity index (χ1n) is 6.63. The maximum atomic E-state index is 11.7. The van der Waals surface area contributed by atoms with Gasteiger partial charge in [-0.05, 0) is 24.3 Å². The lowest BCUT2D eigenvalue weighted by Crippen LogP contribution is -2.20. The normalized spacial score (nSPS) is 9.95. The zero-order valence-electron chi connectivity index (χ0n) is 11.8. The summed E-state index contributed by atoms with van der Waals surface area (Å²) in [6, 6.07) is 14.4. The smallest absolute Gasteiger partial charge is 0.254 e. The van der Waals surface area contributed by atoms with Crippen molar-refractivity contribution in [1.29, 1.82) is 0 Å². The van der Waals surface area contributed by atoms with Crippen LogP contribution in [0.5, 0.6) is 11.5 Å². The van der Waals surface area contributed by atoms with Gasteiger partial charge < -0.3 is 20.5 Å². The molecule has 3 N–H and O–H groups in total. The maximum Gasteiger partial charge on any atom is 0.254 e. The molecule has 0 fully saturated rings. The number of anilines is 1. The van der Waals surface area contributed by atoms with E-state index in [9.17, 15) is 4.79 Å². The molecule has 0 aliphatic heterocycles. The van der Waals surface area contributed by atoms with Crippen LogP contribution < -0.4 is 20.5 Å². The highest BCUT2D eigenvalue weighted by Crippen LogP contribution is 2.21. The Bertz CT molecular complexity index is 600. The first-order chi connectivity index (χ1) is 10.2. The number of carbonyl (C=O) groups is 1. The molecule has 0 spiro atoms. The number of rotatable bonds is 6. The topological polar surface area (TPSA) is 73.6 Å². The number of carbonyl (C=O) groups excluding carboxylic acids is 1. The third-order valence-electron chi connectivity index (χ3n) is 2.83. The van der Waals surface area contributed by atoms with Crippen molar-refractivity contribution in [3.8, 4) is 11.5 Å². The van der Waals surface area contributed by atoms with Crippen molar-refractivity contribution in [2.24, 2.45) is 0 Å². The van der Waals surface area contributed by atoms with Gasteiger partial charge in [0.15, 0.2) is 0 Å². The lowest BCUT2D eigenvalue weighted by molar-refractivity contribution is 0.0958. The lowest BCUT2D eigenvalue weighted by Gasteiger charge is -2.12. The molecule has 2 aromatic carbocycles. The van der Waals surface area contributed by atoms with Crippen LogP contribution >= 0.6 is 0 Å². The van der Waals surface area contributed by atoms with Gasteiger partial charge in [-0.3, -0.25) is 4.79 Å². The van der Waals surface area contributed by atoms with E-state index < -0.39 is 0 Å². The number of amides is 1. The lowest BCUT2D eigenvalue weighted by atomic mass is 10.1. The highest BCUT2D eigenvalue weighted by Gasteiger charge is 2.11. The van der Waals surface area contributed by atoms with Gasteiger partial charge in [0.25, 0.3) is 5.91 Å². The molecule has 2 aromatic rings. The molecular weight excluding hydrogens is 268 g/mol. The minimum Gasteiger partial charge on any atom is -0.490 e. The van der Waals surface area contributed by atoms with Crippen LogP contribution in [0, 0.1) is 0 Å². The summed E-state index contributed by atoms with van der Waals surface area (Å²) in [5.41, 5.74) is 6.71. The average molecular weight is 286 g/mol. The molecule has 5 heteroatoms. The van der Waals surface area contributed by atoms with E-state index in [-0.39, 0.29) is 5.91 Å². The second kappa shape index (κ2) is 7.19. The number of nitrogens with one attached hydrogen (secondary N) is 1. The van der Waals surface area contributed by atoms with Crippen LogP contribution in [0.1, 0.15) is 10.4 Å². The summed E-state index contributed by atoms with van der Waals surface area (Å²) in [7, 11) is 1.57. The van der Waals surface area contributed by atoms with Crippen molar-refractivity contribution in [1.82, 2.24) is 5.32 Å². The summed E-state index contributed by atoms with van der Waals surface area (Å²) in [6.07, 6.45) is 0. The average Bonchev–Trinajstić information content (AvgIpc) is 2.52. The van der Waals surface area contributed by atoms with Crippen molar-refractivity contribution in [2.45, 2.75) is 0 Å². The third kappa shape index (κ3) is 4.14. The van der Waals surface area contributed by atoms with Crippen LogP contribution in [0.25, 0.3) is 0 Å². The molecular formula is C16H18N2O3. The number of hydrogen-bond donors (Lipinski definition) is 2. The molecule has 0 aromatic heterocycles. The molecule has 2 rings (SSSR count). The minimum absolute atomic E-state index is 0.214. The van der Waals surface area contributed by atoms with Gasteiger partial charge in [0.1, 0.15) is 24.7 Å². The minimum atomic E-state index is -0.214. The van der Waals surface area contributed by atoms with Crippen LogP contribution in [0.3, 0.4) is 0 Å². The highest BCUT2D eigenvalue weighted by molar-refractivity contribution is 5.97. The number of benzene rings is 2. The second-order valence-corrected chi connectivity index (χ2v) is 4.34. The molecule has 0 saturated carbocycles. The van der Waals surface area contributed by atoms with Crippen molar-refractivity contribution >= 4 is 11.6 Å². The van der Waals surface area contributed by atoms with E-state index in [0.29, 0.717) is 30.2 Å². The first kappa shape index (κ1) is 14.7. The Labute approximate surface area is 123 Å². The summed E-state index contributed by atoms with van der Waals surface area (Å²) < 4.78 is 11.1. The predicted octanol–water partition coefficient (Wildman–Crippen LogP) is 2.09. The SMILES string of the molecule is CNC(=O)c1ccc(N)cc1OCCOc1ccccc1. The third-order valence-corrected chi connectivity index (χ3v) is 2.83. The summed E-state index contributed by atoms with van der Waals surface area (Å²) in [5, 5.41) is 2.57. The van der Waals surface area contributed by atoms with Gasteiger partial charge in [-0.1, -0.05) is 18.2 Å². The molecule has 0 bridgehead atoms. The van der Waals surface area contributed by atoms with E-state index in [1.807, 2.05) is 30.3 Å². The number of nitrogen functional groups attached to an aromatic ring is 1. The molecule has 0 saturated heterocycles. The second-order valence-electron chi connectivity index (χ2n) is 4.34. The van der Waals surface area contributed by atoms with Gasteiger partial charge in [0.2, 0.25) is 0 Å². The number of hydrogen-bond acceptors (Lipinski definition) is 4. The standard InChI is InChI=1S/C16H18N2O3/c1-18-16(19)14-8-7-12(17)11-15(14)21-10-9-20-13-5-3-2-4-6-13/h2-8,11H,9-10,17H2,1H3,(H,18,19). The van der Waals surface area contributed by atoms with E-state index in [1.54, 1.807) is 25.2 Å². The molecule has 110 valence electrons. The summed E-state index contributed by atoms with van der Waals surface area (Å²) >= 11 is 0. The van der Waals surface area contributed by atoms with Gasteiger partial charge >= 0.3 is 0 Å². The molecule has 0 aliphatic rings. The Kier molecular flexibility index (Phi) is 5.04. The molecule has 0 aliphatic carbocycles. The quantitative estimate of drug-likeness (QED) is 0.630. The van der Waals surface area contributed by atoms with Gasteiger partial charge in [0.05, 0.1) is 5.56 Å². The zero-order chi connectivity index (χ0) is 15.1. The van der Waals surface area contributed by atoms with Gasteiger partial charge in [0, 0.05) is 18.8 Å².